The molecule has 6 heteroatoms. The van der Waals surface area contributed by atoms with Crippen LogP contribution in [0.4, 0.5) is 5.69 Å². The van der Waals surface area contributed by atoms with Gasteiger partial charge in [0.2, 0.25) is 0 Å². The van der Waals surface area contributed by atoms with Gasteiger partial charge in [0, 0.05) is 33.0 Å². The van der Waals surface area contributed by atoms with Crippen molar-refractivity contribution in [3.05, 3.63) is 76.9 Å². The first-order valence-corrected chi connectivity index (χ1v) is 7.97. The maximum atomic E-state index is 13.0. The lowest BCUT2D eigenvalue weighted by Crippen LogP contribution is -2.42. The second kappa shape index (κ2) is 4.86. The molecular weight excluding hydrogens is 332 g/mol. The average molecular weight is 342 g/mol. The molecule has 3 aromatic carbocycles. The van der Waals surface area contributed by atoms with Crippen LogP contribution < -0.4 is 10.2 Å². The Bertz CT molecular complexity index is 1110. The minimum absolute atomic E-state index is 0.286. The second-order valence-electron chi connectivity index (χ2n) is 6.14. The molecule has 0 spiro atoms. The second-order valence-corrected chi connectivity index (χ2v) is 6.14. The van der Waals surface area contributed by atoms with Crippen LogP contribution >= 0.6 is 0 Å². The molecule has 0 saturated carbocycles. The van der Waals surface area contributed by atoms with Crippen LogP contribution in [0.3, 0.4) is 0 Å². The molecule has 0 fully saturated rings. The molecule has 26 heavy (non-hydrogen) atoms. The molecule has 5 rings (SSSR count). The molecule has 0 aliphatic carbocycles. The Balaban J connectivity index is 1.86. The highest BCUT2D eigenvalue weighted by Crippen LogP contribution is 2.37. The molecule has 4 amide bonds. The largest absolute Gasteiger partial charge is 0.288 e. The predicted molar refractivity (Wildman–Crippen MR) is 93.3 cm³/mol. The van der Waals surface area contributed by atoms with Crippen molar-refractivity contribution in [2.45, 2.75) is 0 Å². The minimum atomic E-state index is -0.531. The summed E-state index contributed by atoms with van der Waals surface area (Å²) in [5.41, 5.74) is 1.64. The maximum absolute atomic E-state index is 13.0. The summed E-state index contributed by atoms with van der Waals surface area (Å²) in [6.45, 7) is 0. The Labute approximate surface area is 147 Å². The Kier molecular flexibility index (Phi) is 2.72. The summed E-state index contributed by atoms with van der Waals surface area (Å²) >= 11 is 0. The number of para-hydroxylation sites is 1. The third kappa shape index (κ3) is 1.70. The number of carbonyl (C=O) groups excluding carboxylic acids is 4. The highest BCUT2D eigenvalue weighted by atomic mass is 16.2. The molecule has 2 heterocycles. The molecule has 0 unspecified atom stereocenters. The molecule has 0 aromatic heterocycles. The van der Waals surface area contributed by atoms with Gasteiger partial charge in [0.15, 0.2) is 0 Å². The van der Waals surface area contributed by atoms with Crippen molar-refractivity contribution in [3.63, 3.8) is 0 Å². The molecule has 124 valence electrons. The van der Waals surface area contributed by atoms with Gasteiger partial charge in [0.25, 0.3) is 23.6 Å². The summed E-state index contributed by atoms with van der Waals surface area (Å²) < 4.78 is 0. The van der Waals surface area contributed by atoms with Crippen LogP contribution in [0.1, 0.15) is 41.4 Å². The summed E-state index contributed by atoms with van der Waals surface area (Å²) in [6, 6.07) is 14.7. The van der Waals surface area contributed by atoms with Crippen molar-refractivity contribution in [3.8, 4) is 0 Å². The van der Waals surface area contributed by atoms with Gasteiger partial charge >= 0.3 is 0 Å². The third-order valence-electron chi connectivity index (χ3n) is 4.76. The molecule has 0 atom stereocenters. The highest BCUT2D eigenvalue weighted by molar-refractivity contribution is 6.39. The molecule has 0 radical (unpaired) electrons. The topological polar surface area (TPSA) is 83.6 Å². The summed E-state index contributed by atoms with van der Waals surface area (Å²) in [5, 5.41) is 3.00. The van der Waals surface area contributed by atoms with E-state index in [1.807, 2.05) is 0 Å². The minimum Gasteiger partial charge on any atom is -0.288 e. The summed E-state index contributed by atoms with van der Waals surface area (Å²) in [4.78, 5) is 51.5. The van der Waals surface area contributed by atoms with Crippen LogP contribution in [0, 0.1) is 0 Å². The van der Waals surface area contributed by atoms with Crippen LogP contribution in [0.2, 0.25) is 0 Å². The van der Waals surface area contributed by atoms with Gasteiger partial charge in [0.1, 0.15) is 0 Å². The van der Waals surface area contributed by atoms with Gasteiger partial charge in [-0.2, -0.15) is 0 Å². The Hall–Kier alpha value is -3.80. The lowest BCUT2D eigenvalue weighted by molar-refractivity contribution is 0.0837. The number of carbonyl (C=O) groups is 4. The van der Waals surface area contributed by atoms with E-state index in [9.17, 15) is 19.2 Å². The van der Waals surface area contributed by atoms with Crippen LogP contribution in [0.25, 0.3) is 10.8 Å². The zero-order valence-corrected chi connectivity index (χ0v) is 13.3. The van der Waals surface area contributed by atoms with Crippen molar-refractivity contribution in [1.82, 2.24) is 5.32 Å². The number of hydrogen-bond acceptors (Lipinski definition) is 4. The lowest BCUT2D eigenvalue weighted by Gasteiger charge is -2.29. The first-order valence-electron chi connectivity index (χ1n) is 7.97. The molecule has 6 nitrogen and oxygen atoms in total. The van der Waals surface area contributed by atoms with Crippen molar-refractivity contribution in [2.75, 3.05) is 4.90 Å². The standard InChI is InChI=1S/C20H10N2O4/c23-17-11-6-8-13-16-14(9-7-12(15(11)16)18(24)21-17)20(26)22(19(13)25)10-4-2-1-3-5-10/h1-9H,(H,21,23,24). The van der Waals surface area contributed by atoms with Crippen LogP contribution in [-0.2, 0) is 0 Å². The number of hydrogen-bond donors (Lipinski definition) is 1. The van der Waals surface area contributed by atoms with E-state index in [2.05, 4.69) is 5.32 Å². The van der Waals surface area contributed by atoms with Gasteiger partial charge < -0.3 is 0 Å². The van der Waals surface area contributed by atoms with E-state index in [4.69, 9.17) is 0 Å². The van der Waals surface area contributed by atoms with Crippen molar-refractivity contribution in [2.24, 2.45) is 0 Å². The van der Waals surface area contributed by atoms with E-state index >= 15 is 0 Å². The smallest absolute Gasteiger partial charge is 0.265 e. The molecule has 2 aliphatic rings. The summed E-state index contributed by atoms with van der Waals surface area (Å²) in [6.07, 6.45) is 0. The van der Waals surface area contributed by atoms with E-state index in [-0.39, 0.29) is 11.1 Å². The number of imide groups is 2. The Morgan fingerprint density at radius 3 is 1.58 bits per heavy atom. The number of rotatable bonds is 1. The van der Waals surface area contributed by atoms with Crippen molar-refractivity contribution >= 4 is 40.1 Å². The lowest BCUT2D eigenvalue weighted by atomic mass is 9.86. The first-order chi connectivity index (χ1) is 12.6. The number of amides is 4. The fourth-order valence-electron chi connectivity index (χ4n) is 3.61. The number of nitrogens with one attached hydrogen (secondary N) is 1. The quantitative estimate of drug-likeness (QED) is 0.689. The number of benzene rings is 3. The Morgan fingerprint density at radius 1 is 0.577 bits per heavy atom. The SMILES string of the molecule is O=C1NC(=O)c2ccc3c4c(ccc1c24)C(=O)N(c1ccccc1)C3=O. The van der Waals surface area contributed by atoms with E-state index in [0.29, 0.717) is 27.6 Å². The van der Waals surface area contributed by atoms with Crippen molar-refractivity contribution in [1.29, 1.82) is 0 Å². The van der Waals surface area contributed by atoms with Gasteiger partial charge in [-0.05, 0) is 36.4 Å². The molecular formula is C20H10N2O4. The molecule has 0 saturated heterocycles. The van der Waals surface area contributed by atoms with Gasteiger partial charge in [-0.15, -0.1) is 0 Å². The zero-order chi connectivity index (χ0) is 18.0. The fraction of sp³-hybridized carbons (Fsp3) is 0. The summed E-state index contributed by atoms with van der Waals surface area (Å²) in [5.74, 6) is -2.01. The van der Waals surface area contributed by atoms with E-state index < -0.39 is 23.6 Å². The monoisotopic (exact) mass is 342 g/mol. The van der Waals surface area contributed by atoms with E-state index in [1.54, 1.807) is 30.3 Å². The normalized spacial score (nSPS) is 15.5. The van der Waals surface area contributed by atoms with Crippen molar-refractivity contribution < 1.29 is 19.2 Å². The first kappa shape index (κ1) is 14.5. The summed E-state index contributed by atoms with van der Waals surface area (Å²) in [7, 11) is 0. The predicted octanol–water partition coefficient (Wildman–Crippen LogP) is 2.52. The molecule has 3 aromatic rings. The zero-order valence-electron chi connectivity index (χ0n) is 13.3. The third-order valence-corrected chi connectivity index (χ3v) is 4.76. The van der Waals surface area contributed by atoms with Crippen LogP contribution in [0.15, 0.2) is 54.6 Å². The van der Waals surface area contributed by atoms with Gasteiger partial charge in [-0.25, -0.2) is 4.90 Å². The fourth-order valence-corrected chi connectivity index (χ4v) is 3.61. The Morgan fingerprint density at radius 2 is 1.04 bits per heavy atom. The van der Waals surface area contributed by atoms with Gasteiger partial charge in [-0.3, -0.25) is 24.5 Å². The van der Waals surface area contributed by atoms with Crippen LogP contribution in [-0.4, -0.2) is 23.6 Å². The van der Waals surface area contributed by atoms with Gasteiger partial charge in [0.05, 0.1) is 5.69 Å². The maximum Gasteiger partial charge on any atom is 0.265 e. The van der Waals surface area contributed by atoms with Gasteiger partial charge in [-0.1, -0.05) is 18.2 Å². The van der Waals surface area contributed by atoms with Crippen LogP contribution in [0.5, 0.6) is 0 Å². The highest BCUT2D eigenvalue weighted by Gasteiger charge is 2.37. The van der Waals surface area contributed by atoms with E-state index in [1.165, 1.54) is 24.3 Å². The molecule has 0 bridgehead atoms. The molecule has 2 aliphatic heterocycles. The average Bonchev–Trinajstić information content (AvgIpc) is 2.65. The number of nitrogens with zero attached hydrogens (tertiary/aromatic N) is 1. The number of anilines is 1. The molecule has 1 N–H and O–H groups in total. The van der Waals surface area contributed by atoms with E-state index in [0.717, 1.165) is 4.90 Å².